The molecule has 190 valence electrons. The van der Waals surface area contributed by atoms with E-state index in [2.05, 4.69) is 10.2 Å². The molecule has 1 unspecified atom stereocenters. The van der Waals surface area contributed by atoms with Crippen molar-refractivity contribution in [1.29, 1.82) is 0 Å². The van der Waals surface area contributed by atoms with E-state index in [4.69, 9.17) is 21.1 Å². The van der Waals surface area contributed by atoms with E-state index in [1.807, 2.05) is 24.3 Å². The molecule has 1 aliphatic rings. The molecule has 1 N–H and O–H groups in total. The number of anilines is 3. The number of benzene rings is 2. The fourth-order valence-corrected chi connectivity index (χ4v) is 6.27. The number of esters is 1. The molecule has 2 aromatic carbocycles. The number of amides is 1. The number of carbonyl (C=O) groups excluding carboxylic acids is 2. The van der Waals surface area contributed by atoms with Crippen molar-refractivity contribution < 1.29 is 23.3 Å². The molecule has 3 aromatic rings. The maximum Gasteiger partial charge on any atom is 0.338 e. The average molecular weight is 548 g/mol. The van der Waals surface area contributed by atoms with E-state index in [-0.39, 0.29) is 11.5 Å². The van der Waals surface area contributed by atoms with Gasteiger partial charge in [0.25, 0.3) is 5.91 Å². The van der Waals surface area contributed by atoms with Gasteiger partial charge in [-0.2, -0.15) is 0 Å². The number of hydrogen-bond acceptors (Lipinski definition) is 7. The second-order valence-corrected chi connectivity index (χ2v) is 11.0. The Morgan fingerprint density at radius 1 is 1.17 bits per heavy atom. The molecule has 0 bridgehead atoms. The largest absolute Gasteiger partial charge is 0.462 e. The molecule has 1 saturated heterocycles. The van der Waals surface area contributed by atoms with E-state index in [1.54, 1.807) is 42.5 Å². The first kappa shape index (κ1) is 26.2. The zero-order valence-electron chi connectivity index (χ0n) is 19.9. The molecule has 1 amide bonds. The molecule has 0 aliphatic carbocycles. The van der Waals surface area contributed by atoms with Crippen molar-refractivity contribution in [3.8, 4) is 0 Å². The molecule has 2 heterocycles. The van der Waals surface area contributed by atoms with Crippen molar-refractivity contribution in [3.63, 3.8) is 0 Å². The van der Waals surface area contributed by atoms with Crippen molar-refractivity contribution in [2.24, 2.45) is 0 Å². The molecule has 0 spiro atoms. The quantitative estimate of drug-likeness (QED) is 0.407. The van der Waals surface area contributed by atoms with Gasteiger partial charge in [0, 0.05) is 37.2 Å². The van der Waals surface area contributed by atoms with Crippen LogP contribution in [0.4, 0.5) is 17.1 Å². The second kappa shape index (κ2) is 11.9. The van der Waals surface area contributed by atoms with Crippen LogP contribution in [0.5, 0.6) is 0 Å². The maximum absolute atomic E-state index is 13.5. The third-order valence-electron chi connectivity index (χ3n) is 5.53. The number of ether oxygens (including phenoxy) is 2. The molecule has 1 atom stereocenters. The van der Waals surface area contributed by atoms with Gasteiger partial charge >= 0.3 is 5.97 Å². The highest BCUT2D eigenvalue weighted by atomic mass is 35.5. The van der Waals surface area contributed by atoms with E-state index in [9.17, 15) is 13.8 Å². The van der Waals surface area contributed by atoms with Crippen LogP contribution in [0.25, 0.3) is 0 Å². The lowest BCUT2D eigenvalue weighted by Gasteiger charge is -2.29. The number of thiophene rings is 1. The Kier molecular flexibility index (Phi) is 8.63. The number of halogens is 1. The summed E-state index contributed by atoms with van der Waals surface area (Å²) in [6, 6.07) is 15.8. The van der Waals surface area contributed by atoms with Crippen molar-refractivity contribution >= 4 is 62.9 Å². The fraction of sp³-hybridized carbons (Fsp3) is 0.280. The van der Waals surface area contributed by atoms with E-state index in [0.717, 1.165) is 35.8 Å². The van der Waals surface area contributed by atoms with E-state index >= 15 is 0 Å². The standard InChI is InChI=1S/C25H26ClN3O5S2/c1-3-34-25(31)17-5-4-6-18(15-17)27-24(30)23-21(16-22(26)35-23)36(32)28(2)19-7-9-20(10-8-19)29-11-13-33-14-12-29/h4-10,15-16H,3,11-14H2,1-2H3,(H,27,30). The van der Waals surface area contributed by atoms with Gasteiger partial charge in [0.1, 0.15) is 4.88 Å². The number of rotatable bonds is 8. The van der Waals surface area contributed by atoms with Crippen LogP contribution in [0.15, 0.2) is 59.5 Å². The molecule has 1 aliphatic heterocycles. The maximum atomic E-state index is 13.5. The molecule has 36 heavy (non-hydrogen) atoms. The average Bonchev–Trinajstić information content (AvgIpc) is 3.30. The summed E-state index contributed by atoms with van der Waals surface area (Å²) in [7, 11) is 0.0209. The first-order valence-electron chi connectivity index (χ1n) is 11.3. The van der Waals surface area contributed by atoms with Crippen molar-refractivity contribution in [2.75, 3.05) is 54.5 Å². The van der Waals surface area contributed by atoms with Crippen LogP contribution in [0.3, 0.4) is 0 Å². The lowest BCUT2D eigenvalue weighted by molar-refractivity contribution is 0.0526. The smallest absolute Gasteiger partial charge is 0.338 e. The Morgan fingerprint density at radius 2 is 1.89 bits per heavy atom. The first-order chi connectivity index (χ1) is 17.4. The molecule has 4 rings (SSSR count). The molecular weight excluding hydrogens is 522 g/mol. The third-order valence-corrected chi connectivity index (χ3v) is 8.33. The van der Waals surface area contributed by atoms with Crippen molar-refractivity contribution in [1.82, 2.24) is 0 Å². The van der Waals surface area contributed by atoms with Crippen LogP contribution in [0, 0.1) is 0 Å². The Morgan fingerprint density at radius 3 is 2.58 bits per heavy atom. The number of hydrogen-bond donors (Lipinski definition) is 1. The van der Waals surface area contributed by atoms with Crippen molar-refractivity contribution in [3.05, 3.63) is 69.4 Å². The highest BCUT2D eigenvalue weighted by Gasteiger charge is 2.24. The van der Waals surface area contributed by atoms with Crippen LogP contribution in [-0.4, -0.2) is 56.0 Å². The van der Waals surface area contributed by atoms with Gasteiger partial charge in [-0.3, -0.25) is 9.10 Å². The minimum atomic E-state index is -1.68. The minimum Gasteiger partial charge on any atom is -0.462 e. The van der Waals surface area contributed by atoms with Crippen LogP contribution in [0.2, 0.25) is 4.34 Å². The summed E-state index contributed by atoms with van der Waals surface area (Å²) < 4.78 is 25.8. The van der Waals surface area contributed by atoms with Crippen LogP contribution in [0.1, 0.15) is 27.0 Å². The SMILES string of the molecule is CCOC(=O)c1cccc(NC(=O)c2sc(Cl)cc2S(=O)N(C)c2ccc(N3CCOCC3)cc2)c1. The summed E-state index contributed by atoms with van der Waals surface area (Å²) in [5, 5.41) is 2.76. The Bertz CT molecular complexity index is 1260. The number of nitrogens with zero attached hydrogens (tertiary/aromatic N) is 2. The van der Waals surface area contributed by atoms with Crippen LogP contribution >= 0.6 is 22.9 Å². The normalized spacial score (nSPS) is 14.2. The van der Waals surface area contributed by atoms with Gasteiger partial charge in [-0.1, -0.05) is 17.7 Å². The summed E-state index contributed by atoms with van der Waals surface area (Å²) in [5.41, 5.74) is 2.55. The Hall–Kier alpha value is -2.92. The second-order valence-electron chi connectivity index (χ2n) is 7.86. The van der Waals surface area contributed by atoms with Gasteiger partial charge in [0.2, 0.25) is 0 Å². The van der Waals surface area contributed by atoms with Gasteiger partial charge in [0.15, 0.2) is 11.0 Å². The molecule has 11 heteroatoms. The summed E-state index contributed by atoms with van der Waals surface area (Å²) in [6.07, 6.45) is 0. The van der Waals surface area contributed by atoms with Gasteiger partial charge in [-0.25, -0.2) is 9.00 Å². The molecule has 0 saturated carbocycles. The highest BCUT2D eigenvalue weighted by Crippen LogP contribution is 2.32. The summed E-state index contributed by atoms with van der Waals surface area (Å²) in [5.74, 6) is -0.942. The minimum absolute atomic E-state index is 0.233. The van der Waals surface area contributed by atoms with Crippen molar-refractivity contribution in [2.45, 2.75) is 11.8 Å². The molecule has 1 aromatic heterocycles. The Balaban J connectivity index is 1.50. The molecule has 0 radical (unpaired) electrons. The third kappa shape index (κ3) is 6.07. The monoisotopic (exact) mass is 547 g/mol. The lowest BCUT2D eigenvalue weighted by Crippen LogP contribution is -2.36. The highest BCUT2D eigenvalue weighted by molar-refractivity contribution is 7.86. The van der Waals surface area contributed by atoms with E-state index < -0.39 is 22.9 Å². The van der Waals surface area contributed by atoms with Crippen LogP contribution < -0.4 is 14.5 Å². The molecular formula is C25H26ClN3O5S2. The molecule has 8 nitrogen and oxygen atoms in total. The topological polar surface area (TPSA) is 88.2 Å². The predicted molar refractivity (Wildman–Crippen MR) is 144 cm³/mol. The first-order valence-corrected chi connectivity index (χ1v) is 13.6. The molecule has 1 fully saturated rings. The van der Waals surface area contributed by atoms with Crippen LogP contribution in [-0.2, 0) is 20.5 Å². The van der Waals surface area contributed by atoms with Gasteiger partial charge in [-0.15, -0.1) is 11.3 Å². The number of morpholine rings is 1. The predicted octanol–water partition coefficient (Wildman–Crippen LogP) is 4.83. The number of nitrogens with one attached hydrogen (secondary N) is 1. The lowest BCUT2D eigenvalue weighted by atomic mass is 10.2. The fourth-order valence-electron chi connectivity index (χ4n) is 3.70. The van der Waals surface area contributed by atoms with Gasteiger partial charge < -0.3 is 19.7 Å². The zero-order chi connectivity index (χ0) is 25.7. The number of carbonyl (C=O) groups is 2. The summed E-state index contributed by atoms with van der Waals surface area (Å²) in [4.78, 5) is 27.9. The summed E-state index contributed by atoms with van der Waals surface area (Å²) in [6.45, 7) is 5.03. The Labute approximate surface area is 221 Å². The summed E-state index contributed by atoms with van der Waals surface area (Å²) >= 11 is 7.27. The van der Waals surface area contributed by atoms with Gasteiger partial charge in [-0.05, 0) is 55.5 Å². The zero-order valence-corrected chi connectivity index (χ0v) is 22.3. The van der Waals surface area contributed by atoms with E-state index in [0.29, 0.717) is 33.7 Å². The van der Waals surface area contributed by atoms with E-state index in [1.165, 1.54) is 6.07 Å². The van der Waals surface area contributed by atoms with Gasteiger partial charge in [0.05, 0.1) is 34.6 Å².